The van der Waals surface area contributed by atoms with Crippen molar-refractivity contribution in [3.63, 3.8) is 0 Å². The minimum atomic E-state index is -0.502. The predicted octanol–water partition coefficient (Wildman–Crippen LogP) is 0.999. The number of carbonyl (C=O) groups is 1. The fraction of sp³-hybridized carbons (Fsp3) is 0.889. The fourth-order valence-electron chi connectivity index (χ4n) is 0.873. The zero-order chi connectivity index (χ0) is 9.56. The molecule has 3 heteroatoms. The molecule has 0 spiro atoms. The van der Waals surface area contributed by atoms with E-state index in [4.69, 9.17) is 4.74 Å². The summed E-state index contributed by atoms with van der Waals surface area (Å²) in [5.74, 6) is 0.268. The van der Waals surface area contributed by atoms with Crippen molar-refractivity contribution >= 4 is 5.78 Å². The first kappa shape index (κ1) is 11.6. The normalized spacial score (nSPS) is 13.4. The number of hydrogen-bond acceptors (Lipinski definition) is 3. The van der Waals surface area contributed by atoms with Gasteiger partial charge in [0.15, 0.2) is 0 Å². The van der Waals surface area contributed by atoms with Crippen molar-refractivity contribution < 1.29 is 14.6 Å². The van der Waals surface area contributed by atoms with E-state index in [9.17, 15) is 9.90 Å². The monoisotopic (exact) mass is 174 g/mol. The average Bonchev–Trinajstić information content (AvgIpc) is 2.00. The first-order valence-electron chi connectivity index (χ1n) is 4.27. The summed E-state index contributed by atoms with van der Waals surface area (Å²) in [6.45, 7) is 4.04. The molecule has 0 aromatic rings. The first-order chi connectivity index (χ1) is 5.57. The van der Waals surface area contributed by atoms with Crippen molar-refractivity contribution in [3.05, 3.63) is 0 Å². The van der Waals surface area contributed by atoms with Crippen LogP contribution in [0, 0.1) is 5.92 Å². The quantitative estimate of drug-likeness (QED) is 0.653. The molecule has 0 fully saturated rings. The summed E-state index contributed by atoms with van der Waals surface area (Å²) in [6, 6.07) is 0. The maximum Gasteiger partial charge on any atom is 0.135 e. The topological polar surface area (TPSA) is 46.5 Å². The highest BCUT2D eigenvalue weighted by atomic mass is 16.5. The van der Waals surface area contributed by atoms with Gasteiger partial charge in [-0.2, -0.15) is 0 Å². The number of carbonyl (C=O) groups excluding carboxylic acids is 1. The van der Waals surface area contributed by atoms with Crippen LogP contribution in [0.3, 0.4) is 0 Å². The maximum absolute atomic E-state index is 11.1. The van der Waals surface area contributed by atoms with Gasteiger partial charge < -0.3 is 9.84 Å². The van der Waals surface area contributed by atoms with Crippen molar-refractivity contribution in [2.45, 2.75) is 32.8 Å². The number of aliphatic hydroxyl groups excluding tert-OH is 1. The Kier molecular flexibility index (Phi) is 5.93. The van der Waals surface area contributed by atoms with Gasteiger partial charge >= 0.3 is 0 Å². The molecule has 0 aromatic heterocycles. The number of ether oxygens (including phenoxy) is 1. The van der Waals surface area contributed by atoms with Crippen LogP contribution in [0.4, 0.5) is 0 Å². The zero-order valence-corrected chi connectivity index (χ0v) is 8.04. The minimum absolute atomic E-state index is 0.0692. The van der Waals surface area contributed by atoms with Crippen molar-refractivity contribution in [1.82, 2.24) is 0 Å². The summed E-state index contributed by atoms with van der Waals surface area (Å²) in [7, 11) is 1.54. The highest BCUT2D eigenvalue weighted by Gasteiger charge is 2.10. The second kappa shape index (κ2) is 6.14. The third-order valence-electron chi connectivity index (χ3n) is 1.73. The first-order valence-corrected chi connectivity index (χ1v) is 4.27. The highest BCUT2D eigenvalue weighted by molar-refractivity contribution is 5.80. The molecular formula is C9H18O3. The molecule has 1 N–H and O–H groups in total. The summed E-state index contributed by atoms with van der Waals surface area (Å²) in [5, 5.41) is 9.20. The van der Waals surface area contributed by atoms with E-state index in [-0.39, 0.29) is 11.7 Å². The molecule has 0 aliphatic carbocycles. The van der Waals surface area contributed by atoms with E-state index >= 15 is 0 Å². The standard InChI is InChI=1S/C9H18O3/c1-7(2)9(11)5-4-8(10)6-12-3/h7-8,10H,4-6H2,1-3H3. The third-order valence-corrected chi connectivity index (χ3v) is 1.73. The number of aliphatic hydroxyl groups is 1. The molecule has 0 amide bonds. The summed E-state index contributed by atoms with van der Waals surface area (Å²) >= 11 is 0. The molecule has 1 atom stereocenters. The predicted molar refractivity (Wildman–Crippen MR) is 47.0 cm³/mol. The Morgan fingerprint density at radius 2 is 2.08 bits per heavy atom. The van der Waals surface area contributed by atoms with Crippen LogP contribution in [-0.4, -0.2) is 30.7 Å². The van der Waals surface area contributed by atoms with Crippen LogP contribution in [0.1, 0.15) is 26.7 Å². The van der Waals surface area contributed by atoms with Crippen LogP contribution in [0.5, 0.6) is 0 Å². The van der Waals surface area contributed by atoms with Gasteiger partial charge in [-0.1, -0.05) is 13.8 Å². The Balaban J connectivity index is 3.47. The van der Waals surface area contributed by atoms with Crippen molar-refractivity contribution in [3.8, 4) is 0 Å². The molecule has 3 nitrogen and oxygen atoms in total. The smallest absolute Gasteiger partial charge is 0.135 e. The lowest BCUT2D eigenvalue weighted by Crippen LogP contribution is -2.17. The largest absolute Gasteiger partial charge is 0.391 e. The lowest BCUT2D eigenvalue weighted by Gasteiger charge is -2.09. The van der Waals surface area contributed by atoms with Crippen LogP contribution in [0.2, 0.25) is 0 Å². The highest BCUT2D eigenvalue weighted by Crippen LogP contribution is 2.04. The molecule has 72 valence electrons. The number of methoxy groups -OCH3 is 1. The van der Waals surface area contributed by atoms with E-state index in [1.165, 1.54) is 7.11 Å². The molecular weight excluding hydrogens is 156 g/mol. The Labute approximate surface area is 73.7 Å². The van der Waals surface area contributed by atoms with E-state index in [0.29, 0.717) is 19.4 Å². The Morgan fingerprint density at radius 3 is 2.50 bits per heavy atom. The van der Waals surface area contributed by atoms with E-state index in [1.807, 2.05) is 13.8 Å². The average molecular weight is 174 g/mol. The van der Waals surface area contributed by atoms with Crippen LogP contribution >= 0.6 is 0 Å². The van der Waals surface area contributed by atoms with Gasteiger partial charge in [-0.3, -0.25) is 4.79 Å². The van der Waals surface area contributed by atoms with Gasteiger partial charge in [-0.05, 0) is 6.42 Å². The molecule has 0 saturated heterocycles. The van der Waals surface area contributed by atoms with Crippen LogP contribution in [-0.2, 0) is 9.53 Å². The lowest BCUT2D eigenvalue weighted by atomic mass is 10.0. The number of hydrogen-bond donors (Lipinski definition) is 1. The van der Waals surface area contributed by atoms with Crippen LogP contribution in [0.15, 0.2) is 0 Å². The summed E-state index contributed by atoms with van der Waals surface area (Å²) < 4.78 is 4.74. The number of rotatable bonds is 6. The third kappa shape index (κ3) is 5.27. The van der Waals surface area contributed by atoms with Gasteiger partial charge in [0.05, 0.1) is 12.7 Å². The van der Waals surface area contributed by atoms with Gasteiger partial charge in [0.25, 0.3) is 0 Å². The van der Waals surface area contributed by atoms with Gasteiger partial charge in [-0.25, -0.2) is 0 Å². The van der Waals surface area contributed by atoms with Crippen molar-refractivity contribution in [2.24, 2.45) is 5.92 Å². The summed E-state index contributed by atoms with van der Waals surface area (Å²) in [4.78, 5) is 11.1. The number of ketones is 1. The second-order valence-corrected chi connectivity index (χ2v) is 3.27. The molecule has 0 saturated carbocycles. The number of Topliss-reactive ketones (excluding diaryl/α,β-unsaturated/α-hetero) is 1. The van der Waals surface area contributed by atoms with E-state index in [1.54, 1.807) is 0 Å². The summed E-state index contributed by atoms with van der Waals surface area (Å²) in [5.41, 5.74) is 0. The van der Waals surface area contributed by atoms with Crippen molar-refractivity contribution in [1.29, 1.82) is 0 Å². The van der Waals surface area contributed by atoms with Gasteiger partial charge in [-0.15, -0.1) is 0 Å². The second-order valence-electron chi connectivity index (χ2n) is 3.27. The minimum Gasteiger partial charge on any atom is -0.391 e. The van der Waals surface area contributed by atoms with Gasteiger partial charge in [0, 0.05) is 19.4 Å². The van der Waals surface area contributed by atoms with Crippen molar-refractivity contribution in [2.75, 3.05) is 13.7 Å². The molecule has 0 aliphatic rings. The van der Waals surface area contributed by atoms with Gasteiger partial charge in [0.1, 0.15) is 5.78 Å². The summed E-state index contributed by atoms with van der Waals surface area (Å²) in [6.07, 6.45) is 0.449. The molecule has 0 radical (unpaired) electrons. The Morgan fingerprint density at radius 1 is 1.50 bits per heavy atom. The Hall–Kier alpha value is -0.410. The molecule has 0 bridgehead atoms. The zero-order valence-electron chi connectivity index (χ0n) is 8.04. The molecule has 0 aliphatic heterocycles. The van der Waals surface area contributed by atoms with Crippen LogP contribution < -0.4 is 0 Å². The van der Waals surface area contributed by atoms with E-state index < -0.39 is 6.10 Å². The van der Waals surface area contributed by atoms with E-state index in [2.05, 4.69) is 0 Å². The van der Waals surface area contributed by atoms with Gasteiger partial charge in [0.2, 0.25) is 0 Å². The molecule has 0 rings (SSSR count). The van der Waals surface area contributed by atoms with E-state index in [0.717, 1.165) is 0 Å². The molecule has 1 unspecified atom stereocenters. The molecule has 0 aromatic carbocycles. The molecule has 0 heterocycles. The van der Waals surface area contributed by atoms with Crippen LogP contribution in [0.25, 0.3) is 0 Å². The maximum atomic E-state index is 11.1. The fourth-order valence-corrected chi connectivity index (χ4v) is 0.873. The molecule has 12 heavy (non-hydrogen) atoms. The SMILES string of the molecule is COCC(O)CCC(=O)C(C)C. The Bertz CT molecular complexity index is 132. The lowest BCUT2D eigenvalue weighted by molar-refractivity contribution is -0.122.